The molecule has 1 fully saturated rings. The van der Waals surface area contributed by atoms with Gasteiger partial charge in [0.05, 0.1) is 7.11 Å². The number of aryl methyl sites for hydroxylation is 1. The molecule has 3 aromatic carbocycles. The van der Waals surface area contributed by atoms with Crippen molar-refractivity contribution in [2.45, 2.75) is 19.4 Å². The maximum atomic E-state index is 12.7. The Kier molecular flexibility index (Phi) is 7.46. The van der Waals surface area contributed by atoms with Crippen molar-refractivity contribution in [2.75, 3.05) is 33.3 Å². The number of nitrogens with zero attached hydrogens (tertiary/aromatic N) is 2. The summed E-state index contributed by atoms with van der Waals surface area (Å²) in [5.74, 6) is 1.08. The standard InChI is InChI=1S/C27H29ClN2O2/c1-32-25-13-6-21(7-14-25)8-15-27(31)30-18-16-29(17-19-30)20-23-4-2-3-5-26(23)22-9-11-24(28)12-10-22/h2-7,9-14H,8,15-20H2,1H3. The van der Waals surface area contributed by atoms with E-state index in [9.17, 15) is 4.79 Å². The molecule has 1 amide bonds. The lowest BCUT2D eigenvalue weighted by Crippen LogP contribution is -2.48. The Morgan fingerprint density at radius 3 is 2.28 bits per heavy atom. The van der Waals surface area contributed by atoms with Gasteiger partial charge >= 0.3 is 0 Å². The first-order valence-electron chi connectivity index (χ1n) is 11.1. The summed E-state index contributed by atoms with van der Waals surface area (Å²) in [7, 11) is 1.66. The fourth-order valence-electron chi connectivity index (χ4n) is 4.17. The minimum atomic E-state index is 0.238. The van der Waals surface area contributed by atoms with Crippen molar-refractivity contribution in [1.82, 2.24) is 9.80 Å². The second-order valence-corrected chi connectivity index (χ2v) is 8.61. The van der Waals surface area contributed by atoms with E-state index in [0.29, 0.717) is 6.42 Å². The number of benzene rings is 3. The molecular formula is C27H29ClN2O2. The van der Waals surface area contributed by atoms with Gasteiger partial charge in [0.1, 0.15) is 5.75 Å². The summed E-state index contributed by atoms with van der Waals surface area (Å²) >= 11 is 6.06. The third-order valence-corrected chi connectivity index (χ3v) is 6.33. The van der Waals surface area contributed by atoms with Crippen molar-refractivity contribution in [3.05, 3.63) is 88.9 Å². The molecule has 166 valence electrons. The maximum Gasteiger partial charge on any atom is 0.222 e. The Bertz CT molecular complexity index is 1030. The van der Waals surface area contributed by atoms with E-state index in [1.54, 1.807) is 7.11 Å². The van der Waals surface area contributed by atoms with Gasteiger partial charge in [-0.2, -0.15) is 0 Å². The molecule has 0 radical (unpaired) electrons. The quantitative estimate of drug-likeness (QED) is 0.492. The number of methoxy groups -OCH3 is 1. The smallest absolute Gasteiger partial charge is 0.222 e. The molecular weight excluding hydrogens is 420 g/mol. The van der Waals surface area contributed by atoms with Crippen LogP contribution in [0.15, 0.2) is 72.8 Å². The van der Waals surface area contributed by atoms with Crippen molar-refractivity contribution in [3.8, 4) is 16.9 Å². The van der Waals surface area contributed by atoms with Gasteiger partial charge in [0.25, 0.3) is 0 Å². The van der Waals surface area contributed by atoms with E-state index in [4.69, 9.17) is 16.3 Å². The van der Waals surface area contributed by atoms with E-state index < -0.39 is 0 Å². The van der Waals surface area contributed by atoms with Gasteiger partial charge in [-0.25, -0.2) is 0 Å². The van der Waals surface area contributed by atoms with Crippen LogP contribution in [-0.2, 0) is 17.8 Å². The number of carbonyl (C=O) groups is 1. The molecule has 0 saturated carbocycles. The van der Waals surface area contributed by atoms with Gasteiger partial charge < -0.3 is 9.64 Å². The first-order chi connectivity index (χ1) is 15.6. The fraction of sp³-hybridized carbons (Fsp3) is 0.296. The topological polar surface area (TPSA) is 32.8 Å². The van der Waals surface area contributed by atoms with Crippen LogP contribution in [0.3, 0.4) is 0 Å². The summed E-state index contributed by atoms with van der Waals surface area (Å²) in [5.41, 5.74) is 4.88. The van der Waals surface area contributed by atoms with Crippen LogP contribution in [0.2, 0.25) is 5.02 Å². The van der Waals surface area contributed by atoms with Crippen molar-refractivity contribution >= 4 is 17.5 Å². The molecule has 1 saturated heterocycles. The third-order valence-electron chi connectivity index (χ3n) is 6.08. The van der Waals surface area contributed by atoms with E-state index in [2.05, 4.69) is 41.3 Å². The SMILES string of the molecule is COc1ccc(CCC(=O)N2CCN(Cc3ccccc3-c3ccc(Cl)cc3)CC2)cc1. The normalized spacial score (nSPS) is 14.4. The molecule has 0 unspecified atom stereocenters. The average Bonchev–Trinajstić information content (AvgIpc) is 2.84. The monoisotopic (exact) mass is 448 g/mol. The maximum absolute atomic E-state index is 12.7. The zero-order valence-corrected chi connectivity index (χ0v) is 19.2. The van der Waals surface area contributed by atoms with Crippen molar-refractivity contribution in [1.29, 1.82) is 0 Å². The lowest BCUT2D eigenvalue weighted by molar-refractivity contribution is -0.133. The summed E-state index contributed by atoms with van der Waals surface area (Å²) in [6.07, 6.45) is 1.31. The highest BCUT2D eigenvalue weighted by Gasteiger charge is 2.21. The summed E-state index contributed by atoms with van der Waals surface area (Å²) < 4.78 is 5.19. The van der Waals surface area contributed by atoms with Crippen molar-refractivity contribution in [2.24, 2.45) is 0 Å². The van der Waals surface area contributed by atoms with Crippen LogP contribution in [0.1, 0.15) is 17.5 Å². The van der Waals surface area contributed by atoms with Gasteiger partial charge in [0.2, 0.25) is 5.91 Å². The minimum absolute atomic E-state index is 0.238. The number of hydrogen-bond acceptors (Lipinski definition) is 3. The summed E-state index contributed by atoms with van der Waals surface area (Å²) in [6.45, 7) is 4.23. The first kappa shape index (κ1) is 22.4. The summed E-state index contributed by atoms with van der Waals surface area (Å²) in [4.78, 5) is 17.1. The average molecular weight is 449 g/mol. The first-order valence-corrected chi connectivity index (χ1v) is 11.5. The highest BCUT2D eigenvalue weighted by molar-refractivity contribution is 6.30. The Hall–Kier alpha value is -2.82. The highest BCUT2D eigenvalue weighted by Crippen LogP contribution is 2.26. The number of hydrogen-bond donors (Lipinski definition) is 0. The molecule has 1 heterocycles. The largest absolute Gasteiger partial charge is 0.497 e. The van der Waals surface area contributed by atoms with E-state index in [-0.39, 0.29) is 5.91 Å². The van der Waals surface area contributed by atoms with Crippen LogP contribution in [-0.4, -0.2) is 49.0 Å². The molecule has 0 atom stereocenters. The molecule has 0 aliphatic carbocycles. The second-order valence-electron chi connectivity index (χ2n) is 8.17. The molecule has 4 nitrogen and oxygen atoms in total. The molecule has 3 aromatic rings. The van der Waals surface area contributed by atoms with Gasteiger partial charge in [-0.05, 0) is 52.9 Å². The number of carbonyl (C=O) groups excluding carboxylic acids is 1. The molecule has 4 rings (SSSR count). The zero-order valence-electron chi connectivity index (χ0n) is 18.5. The molecule has 1 aliphatic heterocycles. The summed E-state index contributed by atoms with van der Waals surface area (Å²) in [5, 5.41) is 0.749. The Balaban J connectivity index is 1.29. The lowest BCUT2D eigenvalue weighted by atomic mass is 9.99. The minimum Gasteiger partial charge on any atom is -0.497 e. The molecule has 1 aliphatic rings. The highest BCUT2D eigenvalue weighted by atomic mass is 35.5. The summed E-state index contributed by atoms with van der Waals surface area (Å²) in [6, 6.07) is 24.5. The number of rotatable bonds is 7. The van der Waals surface area contributed by atoms with Gasteiger partial charge in [0.15, 0.2) is 0 Å². The van der Waals surface area contributed by atoms with Crippen molar-refractivity contribution in [3.63, 3.8) is 0 Å². The molecule has 0 spiro atoms. The van der Waals surface area contributed by atoms with E-state index in [0.717, 1.165) is 55.5 Å². The number of amides is 1. The fourth-order valence-corrected chi connectivity index (χ4v) is 4.29. The Morgan fingerprint density at radius 1 is 0.906 bits per heavy atom. The van der Waals surface area contributed by atoms with Crippen LogP contribution in [0.4, 0.5) is 0 Å². The number of halogens is 1. The Morgan fingerprint density at radius 2 is 1.59 bits per heavy atom. The Labute approximate surface area is 195 Å². The van der Waals surface area contributed by atoms with Crippen LogP contribution in [0.5, 0.6) is 5.75 Å². The van der Waals surface area contributed by atoms with Crippen LogP contribution in [0.25, 0.3) is 11.1 Å². The number of ether oxygens (including phenoxy) is 1. The van der Waals surface area contributed by atoms with Gasteiger partial charge in [0, 0.05) is 44.2 Å². The molecule has 5 heteroatoms. The zero-order chi connectivity index (χ0) is 22.3. The predicted octanol–water partition coefficient (Wildman–Crippen LogP) is 5.29. The molecule has 0 aromatic heterocycles. The van der Waals surface area contributed by atoms with Crippen LogP contribution in [0, 0.1) is 0 Å². The van der Waals surface area contributed by atoms with Gasteiger partial charge in [-0.3, -0.25) is 9.69 Å². The van der Waals surface area contributed by atoms with Gasteiger partial charge in [-0.1, -0.05) is 60.1 Å². The van der Waals surface area contributed by atoms with Crippen LogP contribution >= 0.6 is 11.6 Å². The van der Waals surface area contributed by atoms with Crippen LogP contribution < -0.4 is 4.74 Å². The molecule has 0 N–H and O–H groups in total. The molecule has 32 heavy (non-hydrogen) atoms. The van der Waals surface area contributed by atoms with Gasteiger partial charge in [-0.15, -0.1) is 0 Å². The van der Waals surface area contributed by atoms with Crippen molar-refractivity contribution < 1.29 is 9.53 Å². The van der Waals surface area contributed by atoms with E-state index >= 15 is 0 Å². The molecule has 0 bridgehead atoms. The third kappa shape index (κ3) is 5.70. The second kappa shape index (κ2) is 10.7. The van der Waals surface area contributed by atoms with E-state index in [1.165, 1.54) is 16.7 Å². The predicted molar refractivity (Wildman–Crippen MR) is 130 cm³/mol. The number of piperazine rings is 1. The van der Waals surface area contributed by atoms with E-state index in [1.807, 2.05) is 41.3 Å². The lowest BCUT2D eigenvalue weighted by Gasteiger charge is -2.35.